The van der Waals surface area contributed by atoms with E-state index in [9.17, 15) is 4.79 Å². The number of carbonyl (C=O) groups is 1. The number of esters is 1. The predicted molar refractivity (Wildman–Crippen MR) is 62.1 cm³/mol. The van der Waals surface area contributed by atoms with Gasteiger partial charge in [0.25, 0.3) is 0 Å². The van der Waals surface area contributed by atoms with E-state index in [0.717, 1.165) is 0 Å². The molecule has 1 aromatic carbocycles. The minimum atomic E-state index is -0.291. The van der Waals surface area contributed by atoms with Crippen LogP contribution in [0.3, 0.4) is 0 Å². The van der Waals surface area contributed by atoms with E-state index in [1.807, 2.05) is 29.0 Å². The highest BCUT2D eigenvalue weighted by Crippen LogP contribution is 1.98. The summed E-state index contributed by atoms with van der Waals surface area (Å²) < 4.78 is 4.50. The Kier molecular flexibility index (Phi) is 5.19. The average molecular weight is 220 g/mol. The molecule has 2 aromatic rings. The van der Waals surface area contributed by atoms with Crippen LogP contribution in [-0.2, 0) is 4.74 Å². The van der Waals surface area contributed by atoms with Gasteiger partial charge in [-0.15, -0.1) is 0 Å². The molecule has 0 unspecified atom stereocenters. The van der Waals surface area contributed by atoms with E-state index in [-0.39, 0.29) is 5.97 Å². The third-order valence-electron chi connectivity index (χ3n) is 1.62. The Morgan fingerprint density at radius 2 is 1.67 bits per heavy atom. The van der Waals surface area contributed by atoms with Gasteiger partial charge in [0.15, 0.2) is 0 Å². The van der Waals surface area contributed by atoms with Crippen molar-refractivity contribution in [3.63, 3.8) is 0 Å². The molecule has 78 valence electrons. The second-order valence-electron chi connectivity index (χ2n) is 2.65. The minimum absolute atomic E-state index is 0.291. The first-order chi connectivity index (χ1) is 7.34. The number of ether oxygens (including phenoxy) is 1. The Morgan fingerprint density at radius 1 is 1.07 bits per heavy atom. The zero-order valence-corrected chi connectivity index (χ0v) is 9.24. The first-order valence-electron chi connectivity index (χ1n) is 4.45. The second kappa shape index (κ2) is 6.79. The molecule has 0 N–H and O–H groups in total. The van der Waals surface area contributed by atoms with E-state index in [4.69, 9.17) is 0 Å². The van der Waals surface area contributed by atoms with Gasteiger partial charge in [0.2, 0.25) is 0 Å². The minimum Gasteiger partial charge on any atom is -0.465 e. The van der Waals surface area contributed by atoms with Gasteiger partial charge in [-0.05, 0) is 22.9 Å². The van der Waals surface area contributed by atoms with Gasteiger partial charge in [0, 0.05) is 0 Å². The highest BCUT2D eigenvalue weighted by Gasteiger charge is 2.00. The molecule has 0 aliphatic carbocycles. The van der Waals surface area contributed by atoms with Crippen LogP contribution in [0.25, 0.3) is 0 Å². The molecule has 0 aliphatic rings. The average Bonchev–Trinajstić information content (AvgIpc) is 2.88. The number of thiophene rings is 1. The SMILES string of the molecule is COC(=O)c1ccccc1.c1ccsc1. The van der Waals surface area contributed by atoms with Crippen LogP contribution in [0.1, 0.15) is 10.4 Å². The molecule has 0 spiro atoms. The summed E-state index contributed by atoms with van der Waals surface area (Å²) in [6.45, 7) is 0. The lowest BCUT2D eigenvalue weighted by Gasteiger charge is -1.95. The summed E-state index contributed by atoms with van der Waals surface area (Å²) in [7, 11) is 1.37. The number of benzene rings is 1. The van der Waals surface area contributed by atoms with E-state index < -0.39 is 0 Å². The van der Waals surface area contributed by atoms with Gasteiger partial charge in [-0.1, -0.05) is 30.3 Å². The van der Waals surface area contributed by atoms with Crippen molar-refractivity contribution in [1.29, 1.82) is 0 Å². The van der Waals surface area contributed by atoms with Gasteiger partial charge >= 0.3 is 5.97 Å². The second-order valence-corrected chi connectivity index (χ2v) is 3.47. The lowest BCUT2D eigenvalue weighted by atomic mass is 10.2. The van der Waals surface area contributed by atoms with Gasteiger partial charge in [0.05, 0.1) is 12.7 Å². The molecule has 0 saturated carbocycles. The maximum atomic E-state index is 10.8. The summed E-state index contributed by atoms with van der Waals surface area (Å²) in [5, 5.41) is 4.08. The third-order valence-corrected chi connectivity index (χ3v) is 2.25. The van der Waals surface area contributed by atoms with Crippen LogP contribution in [-0.4, -0.2) is 13.1 Å². The number of rotatable bonds is 1. The Hall–Kier alpha value is -1.61. The molecule has 0 saturated heterocycles. The lowest BCUT2D eigenvalue weighted by Crippen LogP contribution is -1.99. The fourth-order valence-electron chi connectivity index (χ4n) is 0.919. The van der Waals surface area contributed by atoms with Crippen LogP contribution in [0.4, 0.5) is 0 Å². The maximum Gasteiger partial charge on any atom is 0.337 e. The van der Waals surface area contributed by atoms with E-state index in [1.54, 1.807) is 35.6 Å². The van der Waals surface area contributed by atoms with Crippen LogP contribution in [0.15, 0.2) is 53.2 Å². The van der Waals surface area contributed by atoms with Crippen LogP contribution in [0, 0.1) is 0 Å². The molecule has 0 fully saturated rings. The van der Waals surface area contributed by atoms with Crippen molar-refractivity contribution < 1.29 is 9.53 Å². The summed E-state index contributed by atoms with van der Waals surface area (Å²) in [5.74, 6) is -0.291. The van der Waals surface area contributed by atoms with Gasteiger partial charge in [-0.25, -0.2) is 4.79 Å². The van der Waals surface area contributed by atoms with Crippen LogP contribution >= 0.6 is 11.3 Å². The fourth-order valence-corrected chi connectivity index (χ4v) is 1.37. The monoisotopic (exact) mass is 220 g/mol. The van der Waals surface area contributed by atoms with E-state index in [2.05, 4.69) is 4.74 Å². The van der Waals surface area contributed by atoms with E-state index in [0.29, 0.717) is 5.56 Å². The summed E-state index contributed by atoms with van der Waals surface area (Å²) >= 11 is 1.71. The Labute approximate surface area is 93.1 Å². The van der Waals surface area contributed by atoms with Crippen LogP contribution in [0.5, 0.6) is 0 Å². The van der Waals surface area contributed by atoms with Crippen molar-refractivity contribution in [2.45, 2.75) is 0 Å². The molecule has 1 heterocycles. The Morgan fingerprint density at radius 3 is 2.07 bits per heavy atom. The number of hydrogen-bond acceptors (Lipinski definition) is 3. The van der Waals surface area contributed by atoms with Crippen molar-refractivity contribution in [2.24, 2.45) is 0 Å². The molecule has 0 radical (unpaired) electrons. The first kappa shape index (κ1) is 11.5. The molecular weight excluding hydrogens is 208 g/mol. The van der Waals surface area contributed by atoms with E-state index in [1.165, 1.54) is 7.11 Å². The summed E-state index contributed by atoms with van der Waals surface area (Å²) in [6.07, 6.45) is 0. The molecule has 1 aromatic heterocycles. The third kappa shape index (κ3) is 4.42. The van der Waals surface area contributed by atoms with Crippen LogP contribution < -0.4 is 0 Å². The summed E-state index contributed by atoms with van der Waals surface area (Å²) in [5.41, 5.74) is 0.588. The molecule has 15 heavy (non-hydrogen) atoms. The normalized spacial score (nSPS) is 8.60. The van der Waals surface area contributed by atoms with Crippen molar-refractivity contribution in [1.82, 2.24) is 0 Å². The zero-order chi connectivity index (χ0) is 10.9. The maximum absolute atomic E-state index is 10.8. The molecule has 2 rings (SSSR count). The molecule has 0 aliphatic heterocycles. The first-order valence-corrected chi connectivity index (χ1v) is 5.39. The van der Waals surface area contributed by atoms with Gasteiger partial charge in [-0.3, -0.25) is 0 Å². The highest BCUT2D eigenvalue weighted by molar-refractivity contribution is 7.07. The standard InChI is InChI=1S/C8H8O2.C4H4S/c1-10-8(9)7-5-3-2-4-6-7;1-2-4-5-3-1/h2-6H,1H3;1-4H. The van der Waals surface area contributed by atoms with Crippen molar-refractivity contribution in [3.8, 4) is 0 Å². The molecule has 0 atom stereocenters. The Bertz CT molecular complexity index is 351. The van der Waals surface area contributed by atoms with E-state index >= 15 is 0 Å². The Balaban J connectivity index is 0.000000187. The number of carbonyl (C=O) groups excluding carboxylic acids is 1. The topological polar surface area (TPSA) is 26.3 Å². The van der Waals surface area contributed by atoms with Crippen molar-refractivity contribution >= 4 is 17.3 Å². The zero-order valence-electron chi connectivity index (χ0n) is 8.42. The van der Waals surface area contributed by atoms with Crippen LogP contribution in [0.2, 0.25) is 0 Å². The molecule has 3 heteroatoms. The summed E-state index contributed by atoms with van der Waals surface area (Å²) in [6, 6.07) is 12.9. The van der Waals surface area contributed by atoms with Crippen molar-refractivity contribution in [2.75, 3.05) is 7.11 Å². The molecule has 0 bridgehead atoms. The summed E-state index contributed by atoms with van der Waals surface area (Å²) in [4.78, 5) is 10.8. The number of methoxy groups -OCH3 is 1. The predicted octanol–water partition coefficient (Wildman–Crippen LogP) is 3.22. The lowest BCUT2D eigenvalue weighted by molar-refractivity contribution is 0.0601. The quantitative estimate of drug-likeness (QED) is 0.690. The fraction of sp³-hybridized carbons (Fsp3) is 0.0833. The highest BCUT2D eigenvalue weighted by atomic mass is 32.1. The largest absolute Gasteiger partial charge is 0.465 e. The molecule has 2 nitrogen and oxygen atoms in total. The smallest absolute Gasteiger partial charge is 0.337 e. The van der Waals surface area contributed by atoms with Gasteiger partial charge in [-0.2, -0.15) is 11.3 Å². The molecule has 0 amide bonds. The molecular formula is C12H12O2S. The van der Waals surface area contributed by atoms with Gasteiger partial charge in [0.1, 0.15) is 0 Å². The van der Waals surface area contributed by atoms with Crippen molar-refractivity contribution in [3.05, 3.63) is 58.8 Å². The number of hydrogen-bond donors (Lipinski definition) is 0. The van der Waals surface area contributed by atoms with Gasteiger partial charge < -0.3 is 4.74 Å².